The van der Waals surface area contributed by atoms with Crippen LogP contribution in [0.4, 0.5) is 4.39 Å². The van der Waals surface area contributed by atoms with Crippen LogP contribution in [0.15, 0.2) is 30.6 Å². The SMILES string of the molecule is CNC(C(=O)NC(C)c1cc(F)ccc1OC)c1cnn(C)c1.Cl. The van der Waals surface area contributed by atoms with E-state index in [9.17, 15) is 9.18 Å². The van der Waals surface area contributed by atoms with Gasteiger partial charge in [0.25, 0.3) is 0 Å². The molecule has 0 bridgehead atoms. The van der Waals surface area contributed by atoms with Crippen molar-refractivity contribution in [1.82, 2.24) is 20.4 Å². The van der Waals surface area contributed by atoms with Crippen LogP contribution in [0.3, 0.4) is 0 Å². The van der Waals surface area contributed by atoms with Crippen molar-refractivity contribution in [3.05, 3.63) is 47.5 Å². The zero-order chi connectivity index (χ0) is 17.0. The molecule has 0 spiro atoms. The number of methoxy groups -OCH3 is 1. The summed E-state index contributed by atoms with van der Waals surface area (Å²) in [6.07, 6.45) is 3.41. The number of amides is 1. The Hall–Kier alpha value is -2.12. The van der Waals surface area contributed by atoms with Crippen LogP contribution in [-0.2, 0) is 11.8 Å². The number of carbonyl (C=O) groups excluding carboxylic acids is 1. The Bertz CT molecular complexity index is 692. The van der Waals surface area contributed by atoms with E-state index in [4.69, 9.17) is 4.74 Å². The molecular weight excluding hydrogens is 335 g/mol. The van der Waals surface area contributed by atoms with Crippen LogP contribution < -0.4 is 15.4 Å². The fourth-order valence-corrected chi connectivity index (χ4v) is 2.46. The number of halogens is 2. The Morgan fingerprint density at radius 3 is 2.67 bits per heavy atom. The third-order valence-corrected chi connectivity index (χ3v) is 3.63. The molecule has 2 atom stereocenters. The molecule has 2 rings (SSSR count). The molecule has 0 fully saturated rings. The van der Waals surface area contributed by atoms with Crippen LogP contribution in [0.2, 0.25) is 0 Å². The molecule has 2 N–H and O–H groups in total. The number of hydrogen-bond donors (Lipinski definition) is 2. The van der Waals surface area contributed by atoms with Gasteiger partial charge in [0.2, 0.25) is 5.91 Å². The molecule has 8 heteroatoms. The number of rotatable bonds is 6. The summed E-state index contributed by atoms with van der Waals surface area (Å²) in [5.74, 6) is -0.0692. The van der Waals surface area contributed by atoms with Crippen molar-refractivity contribution in [3.8, 4) is 5.75 Å². The third kappa shape index (κ3) is 4.46. The number of likely N-dealkylation sites (N-methyl/N-ethyl adjacent to an activating group) is 1. The van der Waals surface area contributed by atoms with Crippen molar-refractivity contribution in [2.75, 3.05) is 14.2 Å². The molecule has 132 valence electrons. The highest BCUT2D eigenvalue weighted by atomic mass is 35.5. The van der Waals surface area contributed by atoms with Crippen molar-refractivity contribution in [2.24, 2.45) is 7.05 Å². The summed E-state index contributed by atoms with van der Waals surface area (Å²) in [5, 5.41) is 9.90. The number of benzene rings is 1. The third-order valence-electron chi connectivity index (χ3n) is 3.63. The summed E-state index contributed by atoms with van der Waals surface area (Å²) >= 11 is 0. The molecule has 2 aromatic rings. The number of hydrogen-bond acceptors (Lipinski definition) is 4. The Morgan fingerprint density at radius 2 is 2.12 bits per heavy atom. The van der Waals surface area contributed by atoms with Gasteiger partial charge in [0.05, 0.1) is 19.3 Å². The highest BCUT2D eigenvalue weighted by Crippen LogP contribution is 2.26. The van der Waals surface area contributed by atoms with Gasteiger partial charge in [0.15, 0.2) is 0 Å². The van der Waals surface area contributed by atoms with Gasteiger partial charge < -0.3 is 15.4 Å². The van der Waals surface area contributed by atoms with Gasteiger partial charge in [0, 0.05) is 24.4 Å². The second-order valence-electron chi connectivity index (χ2n) is 5.29. The molecule has 24 heavy (non-hydrogen) atoms. The number of nitrogens with zero attached hydrogens (tertiary/aromatic N) is 2. The summed E-state index contributed by atoms with van der Waals surface area (Å²) in [7, 11) is 5.00. The number of nitrogens with one attached hydrogen (secondary N) is 2. The molecule has 0 radical (unpaired) electrons. The number of aromatic nitrogens is 2. The molecule has 0 aliphatic carbocycles. The predicted molar refractivity (Wildman–Crippen MR) is 91.8 cm³/mol. The fraction of sp³-hybridized carbons (Fsp3) is 0.375. The van der Waals surface area contributed by atoms with Gasteiger partial charge in [0.1, 0.15) is 17.6 Å². The second kappa shape index (κ2) is 8.65. The molecule has 1 aromatic carbocycles. The molecule has 0 saturated carbocycles. The quantitative estimate of drug-likeness (QED) is 0.832. The summed E-state index contributed by atoms with van der Waals surface area (Å²) in [4.78, 5) is 12.5. The van der Waals surface area contributed by atoms with E-state index in [2.05, 4.69) is 15.7 Å². The molecule has 0 saturated heterocycles. The molecule has 0 aliphatic rings. The normalized spacial score (nSPS) is 12.9. The predicted octanol–water partition coefficient (Wildman–Crippen LogP) is 2.13. The number of carbonyl (C=O) groups is 1. The van der Waals surface area contributed by atoms with Crippen LogP contribution in [0.1, 0.15) is 30.1 Å². The first-order chi connectivity index (χ1) is 11.0. The average Bonchev–Trinajstić information content (AvgIpc) is 2.94. The van der Waals surface area contributed by atoms with Crippen LogP contribution in [0, 0.1) is 5.82 Å². The highest BCUT2D eigenvalue weighted by Gasteiger charge is 2.23. The van der Waals surface area contributed by atoms with E-state index in [1.54, 1.807) is 44.2 Å². The minimum Gasteiger partial charge on any atom is -0.496 e. The fourth-order valence-electron chi connectivity index (χ4n) is 2.46. The molecule has 1 heterocycles. The first kappa shape index (κ1) is 19.9. The molecule has 2 unspecified atom stereocenters. The van der Waals surface area contributed by atoms with Crippen LogP contribution in [0.5, 0.6) is 5.75 Å². The maximum Gasteiger partial charge on any atom is 0.242 e. The standard InChI is InChI=1S/C16H21FN4O2.ClH/c1-10(13-7-12(17)5-6-14(13)23-4)20-16(22)15(18-2)11-8-19-21(3)9-11;/h5-10,15,18H,1-4H3,(H,20,22);1H. The molecular formula is C16H22ClFN4O2. The Labute approximate surface area is 146 Å². The zero-order valence-electron chi connectivity index (χ0n) is 14.0. The van der Waals surface area contributed by atoms with Gasteiger partial charge in [-0.05, 0) is 32.2 Å². The maximum atomic E-state index is 13.5. The Morgan fingerprint density at radius 1 is 1.42 bits per heavy atom. The van der Waals surface area contributed by atoms with E-state index in [0.717, 1.165) is 5.56 Å². The van der Waals surface area contributed by atoms with E-state index in [-0.39, 0.29) is 24.1 Å². The monoisotopic (exact) mass is 356 g/mol. The van der Waals surface area contributed by atoms with Gasteiger partial charge in [-0.25, -0.2) is 4.39 Å². The van der Waals surface area contributed by atoms with Gasteiger partial charge in [-0.3, -0.25) is 9.48 Å². The van der Waals surface area contributed by atoms with Crippen LogP contribution in [0.25, 0.3) is 0 Å². The lowest BCUT2D eigenvalue weighted by Gasteiger charge is -2.21. The first-order valence-corrected chi connectivity index (χ1v) is 7.26. The van der Waals surface area contributed by atoms with E-state index >= 15 is 0 Å². The lowest BCUT2D eigenvalue weighted by Crippen LogP contribution is -2.37. The largest absolute Gasteiger partial charge is 0.496 e. The zero-order valence-corrected chi connectivity index (χ0v) is 14.9. The van der Waals surface area contributed by atoms with Crippen molar-refractivity contribution in [2.45, 2.75) is 19.0 Å². The molecule has 6 nitrogen and oxygen atoms in total. The van der Waals surface area contributed by atoms with Gasteiger partial charge >= 0.3 is 0 Å². The second-order valence-corrected chi connectivity index (χ2v) is 5.29. The lowest BCUT2D eigenvalue weighted by molar-refractivity contribution is -0.123. The summed E-state index contributed by atoms with van der Waals surface area (Å²) < 4.78 is 20.3. The Balaban J connectivity index is 0.00000288. The summed E-state index contributed by atoms with van der Waals surface area (Å²) in [5.41, 5.74) is 1.34. The minimum absolute atomic E-state index is 0. The topological polar surface area (TPSA) is 68.2 Å². The van der Waals surface area contributed by atoms with Crippen LogP contribution >= 0.6 is 12.4 Å². The Kier molecular flexibility index (Phi) is 7.18. The van der Waals surface area contributed by atoms with Crippen molar-refractivity contribution in [1.29, 1.82) is 0 Å². The van der Waals surface area contributed by atoms with E-state index < -0.39 is 12.1 Å². The molecule has 1 amide bonds. The van der Waals surface area contributed by atoms with Gasteiger partial charge in [-0.15, -0.1) is 12.4 Å². The minimum atomic E-state index is -0.536. The molecule has 1 aromatic heterocycles. The van der Waals surface area contributed by atoms with Crippen molar-refractivity contribution >= 4 is 18.3 Å². The maximum absolute atomic E-state index is 13.5. The molecule has 0 aliphatic heterocycles. The summed E-state index contributed by atoms with van der Waals surface area (Å²) in [6.45, 7) is 1.78. The van der Waals surface area contributed by atoms with E-state index in [1.165, 1.54) is 19.2 Å². The lowest BCUT2D eigenvalue weighted by atomic mass is 10.1. The first-order valence-electron chi connectivity index (χ1n) is 7.26. The van der Waals surface area contributed by atoms with Crippen LogP contribution in [-0.4, -0.2) is 29.8 Å². The van der Waals surface area contributed by atoms with Gasteiger partial charge in [-0.1, -0.05) is 0 Å². The number of ether oxygens (including phenoxy) is 1. The highest BCUT2D eigenvalue weighted by molar-refractivity contribution is 5.85. The van der Waals surface area contributed by atoms with Crippen molar-refractivity contribution in [3.63, 3.8) is 0 Å². The summed E-state index contributed by atoms with van der Waals surface area (Å²) in [6, 6.07) is 3.29. The van der Waals surface area contributed by atoms with Gasteiger partial charge in [-0.2, -0.15) is 5.10 Å². The number of aryl methyl sites for hydroxylation is 1. The van der Waals surface area contributed by atoms with Crippen molar-refractivity contribution < 1.29 is 13.9 Å². The smallest absolute Gasteiger partial charge is 0.242 e. The van der Waals surface area contributed by atoms with E-state index in [1.807, 2.05) is 0 Å². The van der Waals surface area contributed by atoms with E-state index in [0.29, 0.717) is 11.3 Å². The average molecular weight is 357 g/mol.